The van der Waals surface area contributed by atoms with Crippen molar-refractivity contribution in [2.75, 3.05) is 0 Å². The Labute approximate surface area is 166 Å². The third-order valence-corrected chi connectivity index (χ3v) is 5.58. The molecule has 0 aliphatic heterocycles. The summed E-state index contributed by atoms with van der Waals surface area (Å²) in [5.41, 5.74) is 0.990. The standard InChI is InChI=1S/C21H21ClFN3O2/c22-14-8-6-13(7-9-14)19(20(27)24-16-4-2-1-3-5-16)26-18-12-15(23)10-11-17(18)25-21(26)28/h6-12,16,19H,1-5H2,(H,24,27)(H,25,28). The second-order valence-corrected chi connectivity index (χ2v) is 7.70. The molecule has 1 heterocycles. The van der Waals surface area contributed by atoms with Gasteiger partial charge in [0.1, 0.15) is 11.9 Å². The number of aromatic amines is 1. The summed E-state index contributed by atoms with van der Waals surface area (Å²) < 4.78 is 15.2. The van der Waals surface area contributed by atoms with E-state index in [0.29, 0.717) is 21.6 Å². The van der Waals surface area contributed by atoms with E-state index in [2.05, 4.69) is 10.3 Å². The van der Waals surface area contributed by atoms with Gasteiger partial charge in [0.25, 0.3) is 0 Å². The first-order chi connectivity index (χ1) is 13.5. The van der Waals surface area contributed by atoms with Crippen LogP contribution in [0.25, 0.3) is 11.0 Å². The maximum Gasteiger partial charge on any atom is 0.327 e. The number of fused-ring (bicyclic) bond motifs is 1. The normalized spacial score (nSPS) is 16.2. The van der Waals surface area contributed by atoms with Crippen molar-refractivity contribution < 1.29 is 9.18 Å². The van der Waals surface area contributed by atoms with Crippen LogP contribution in [0.2, 0.25) is 5.02 Å². The first-order valence-electron chi connectivity index (χ1n) is 9.48. The number of benzene rings is 2. The number of halogens is 2. The third-order valence-electron chi connectivity index (χ3n) is 5.32. The van der Waals surface area contributed by atoms with E-state index in [1.54, 1.807) is 24.3 Å². The Morgan fingerprint density at radius 1 is 1.14 bits per heavy atom. The molecule has 1 aliphatic rings. The number of carbonyl (C=O) groups excluding carboxylic acids is 1. The minimum absolute atomic E-state index is 0.0914. The first kappa shape index (κ1) is 18.7. The molecule has 1 saturated carbocycles. The van der Waals surface area contributed by atoms with Crippen LogP contribution < -0.4 is 11.0 Å². The van der Waals surface area contributed by atoms with Gasteiger partial charge in [-0.05, 0) is 48.7 Å². The molecule has 1 aliphatic carbocycles. The number of rotatable bonds is 4. The second-order valence-electron chi connectivity index (χ2n) is 7.26. The molecular weight excluding hydrogens is 381 g/mol. The molecule has 2 aromatic carbocycles. The summed E-state index contributed by atoms with van der Waals surface area (Å²) in [7, 11) is 0. The van der Waals surface area contributed by atoms with Crippen LogP contribution in [-0.2, 0) is 4.79 Å². The summed E-state index contributed by atoms with van der Waals surface area (Å²) >= 11 is 6.00. The predicted octanol–water partition coefficient (Wildman–Crippen LogP) is 4.16. The Bertz CT molecular complexity index is 1050. The third kappa shape index (κ3) is 3.69. The van der Waals surface area contributed by atoms with Crippen LogP contribution in [0.3, 0.4) is 0 Å². The van der Waals surface area contributed by atoms with Crippen LogP contribution in [0.1, 0.15) is 43.7 Å². The van der Waals surface area contributed by atoms with Crippen molar-refractivity contribution >= 4 is 28.5 Å². The largest absolute Gasteiger partial charge is 0.351 e. The topological polar surface area (TPSA) is 66.9 Å². The Morgan fingerprint density at radius 2 is 1.86 bits per heavy atom. The number of nitrogens with one attached hydrogen (secondary N) is 2. The monoisotopic (exact) mass is 401 g/mol. The van der Waals surface area contributed by atoms with E-state index in [1.165, 1.54) is 29.2 Å². The quantitative estimate of drug-likeness (QED) is 0.689. The van der Waals surface area contributed by atoms with Crippen molar-refractivity contribution in [1.29, 1.82) is 0 Å². The lowest BCUT2D eigenvalue weighted by molar-refractivity contribution is -0.124. The molecule has 1 aromatic heterocycles. The van der Waals surface area contributed by atoms with Crippen molar-refractivity contribution in [3.63, 3.8) is 0 Å². The fourth-order valence-corrected chi connectivity index (χ4v) is 4.07. The molecule has 5 nitrogen and oxygen atoms in total. The molecule has 7 heteroatoms. The van der Waals surface area contributed by atoms with E-state index in [0.717, 1.165) is 25.7 Å². The van der Waals surface area contributed by atoms with Crippen molar-refractivity contribution in [2.24, 2.45) is 0 Å². The smallest absolute Gasteiger partial charge is 0.327 e. The van der Waals surface area contributed by atoms with Crippen molar-refractivity contribution in [2.45, 2.75) is 44.2 Å². The highest BCUT2D eigenvalue weighted by Gasteiger charge is 2.28. The number of hydrogen-bond donors (Lipinski definition) is 2. The molecule has 0 saturated heterocycles. The van der Waals surface area contributed by atoms with Crippen LogP contribution in [0.4, 0.5) is 4.39 Å². The van der Waals surface area contributed by atoms with Gasteiger partial charge >= 0.3 is 5.69 Å². The minimum atomic E-state index is -0.915. The molecular formula is C21H21ClFN3O2. The highest BCUT2D eigenvalue weighted by molar-refractivity contribution is 6.30. The Kier molecular flexibility index (Phi) is 5.22. The molecule has 0 spiro atoms. The molecule has 28 heavy (non-hydrogen) atoms. The molecule has 0 radical (unpaired) electrons. The molecule has 1 unspecified atom stereocenters. The van der Waals surface area contributed by atoms with Crippen LogP contribution in [0, 0.1) is 5.82 Å². The van der Waals surface area contributed by atoms with Gasteiger partial charge in [0.15, 0.2) is 0 Å². The zero-order valence-electron chi connectivity index (χ0n) is 15.3. The zero-order valence-corrected chi connectivity index (χ0v) is 16.0. The van der Waals surface area contributed by atoms with E-state index < -0.39 is 17.5 Å². The molecule has 2 N–H and O–H groups in total. The summed E-state index contributed by atoms with van der Waals surface area (Å²) in [6.45, 7) is 0. The van der Waals surface area contributed by atoms with Gasteiger partial charge in [-0.15, -0.1) is 0 Å². The molecule has 3 aromatic rings. The van der Waals surface area contributed by atoms with Crippen molar-refractivity contribution in [1.82, 2.24) is 14.9 Å². The fourth-order valence-electron chi connectivity index (χ4n) is 3.94. The molecule has 4 rings (SSSR count). The number of nitrogens with zero attached hydrogens (tertiary/aromatic N) is 1. The van der Waals surface area contributed by atoms with E-state index >= 15 is 0 Å². The predicted molar refractivity (Wildman–Crippen MR) is 107 cm³/mol. The van der Waals surface area contributed by atoms with Crippen molar-refractivity contribution in [3.05, 3.63) is 69.4 Å². The van der Waals surface area contributed by atoms with E-state index in [1.807, 2.05) is 0 Å². The van der Waals surface area contributed by atoms with Crippen LogP contribution >= 0.6 is 11.6 Å². The van der Waals surface area contributed by atoms with Gasteiger partial charge in [-0.3, -0.25) is 9.36 Å². The Balaban J connectivity index is 1.80. The summed E-state index contributed by atoms with van der Waals surface area (Å²) in [5, 5.41) is 3.62. The van der Waals surface area contributed by atoms with Crippen molar-refractivity contribution in [3.8, 4) is 0 Å². The first-order valence-corrected chi connectivity index (χ1v) is 9.86. The summed E-state index contributed by atoms with van der Waals surface area (Å²) in [6.07, 6.45) is 5.19. The molecule has 0 bridgehead atoms. The molecule has 1 amide bonds. The number of imidazole rings is 1. The lowest BCUT2D eigenvalue weighted by atomic mass is 9.95. The lowest BCUT2D eigenvalue weighted by Crippen LogP contribution is -2.43. The van der Waals surface area contributed by atoms with Gasteiger partial charge in [-0.1, -0.05) is 43.0 Å². The zero-order chi connectivity index (χ0) is 19.7. The SMILES string of the molecule is O=C(NC1CCCCC1)C(c1ccc(Cl)cc1)n1c(=O)[nH]c2ccc(F)cc21. The van der Waals surface area contributed by atoms with E-state index in [4.69, 9.17) is 11.6 Å². The summed E-state index contributed by atoms with van der Waals surface area (Å²) in [6, 6.07) is 10.0. The summed E-state index contributed by atoms with van der Waals surface area (Å²) in [4.78, 5) is 28.7. The number of carbonyl (C=O) groups is 1. The van der Waals surface area contributed by atoms with Gasteiger partial charge in [-0.25, -0.2) is 9.18 Å². The Hall–Kier alpha value is -2.60. The average molecular weight is 402 g/mol. The average Bonchev–Trinajstić information content (AvgIpc) is 3.00. The molecule has 1 atom stereocenters. The fraction of sp³-hybridized carbons (Fsp3) is 0.333. The van der Waals surface area contributed by atoms with Gasteiger partial charge in [-0.2, -0.15) is 0 Å². The lowest BCUT2D eigenvalue weighted by Gasteiger charge is -2.26. The summed E-state index contributed by atoms with van der Waals surface area (Å²) in [5.74, 6) is -0.746. The molecule has 146 valence electrons. The van der Waals surface area contributed by atoms with Gasteiger partial charge in [0.2, 0.25) is 5.91 Å². The maximum atomic E-state index is 13.9. The number of H-pyrrole nitrogens is 1. The highest BCUT2D eigenvalue weighted by Crippen LogP contribution is 2.25. The van der Waals surface area contributed by atoms with Crippen LogP contribution in [-0.4, -0.2) is 21.5 Å². The van der Waals surface area contributed by atoms with Gasteiger partial charge < -0.3 is 10.3 Å². The Morgan fingerprint density at radius 3 is 2.57 bits per heavy atom. The minimum Gasteiger partial charge on any atom is -0.351 e. The van der Waals surface area contributed by atoms with Crippen LogP contribution in [0.15, 0.2) is 47.3 Å². The molecule has 1 fully saturated rings. The van der Waals surface area contributed by atoms with E-state index in [-0.39, 0.29) is 11.9 Å². The number of hydrogen-bond acceptors (Lipinski definition) is 2. The maximum absolute atomic E-state index is 13.9. The van der Waals surface area contributed by atoms with Crippen LogP contribution in [0.5, 0.6) is 0 Å². The number of aromatic nitrogens is 2. The van der Waals surface area contributed by atoms with E-state index in [9.17, 15) is 14.0 Å². The van der Waals surface area contributed by atoms with Gasteiger partial charge in [0, 0.05) is 11.1 Å². The second kappa shape index (κ2) is 7.80. The highest BCUT2D eigenvalue weighted by atomic mass is 35.5. The van der Waals surface area contributed by atoms with Gasteiger partial charge in [0.05, 0.1) is 11.0 Å². The number of amides is 1.